The molecule has 5 heterocycles. The maximum atomic E-state index is 6.32. The van der Waals surface area contributed by atoms with Gasteiger partial charge in [0.2, 0.25) is 5.88 Å². The third-order valence-corrected chi connectivity index (χ3v) is 5.74. The van der Waals surface area contributed by atoms with Crippen LogP contribution in [0.15, 0.2) is 47.8 Å². The summed E-state index contributed by atoms with van der Waals surface area (Å²) in [4.78, 5) is 14.0. The molecular weight excluding hydrogens is 392 g/mol. The Morgan fingerprint density at radius 1 is 1.23 bits per heavy atom. The van der Waals surface area contributed by atoms with Crippen LogP contribution in [0.1, 0.15) is 28.9 Å². The lowest BCUT2D eigenvalue weighted by Crippen LogP contribution is -2.18. The summed E-state index contributed by atoms with van der Waals surface area (Å²) >= 11 is 0. The zero-order valence-electron chi connectivity index (χ0n) is 17.2. The van der Waals surface area contributed by atoms with E-state index in [1.807, 2.05) is 42.5 Å². The minimum absolute atomic E-state index is 0.000316. The molecule has 0 saturated carbocycles. The summed E-state index contributed by atoms with van der Waals surface area (Å²) in [5.41, 5.74) is 6.27. The summed E-state index contributed by atoms with van der Waals surface area (Å²) in [6, 6.07) is 8.44. The molecule has 2 aliphatic heterocycles. The number of benzene rings is 1. The second-order valence-electron chi connectivity index (χ2n) is 8.02. The van der Waals surface area contributed by atoms with E-state index in [0.29, 0.717) is 25.5 Å². The van der Waals surface area contributed by atoms with Gasteiger partial charge in [0.15, 0.2) is 0 Å². The van der Waals surface area contributed by atoms with Crippen molar-refractivity contribution in [3.8, 4) is 11.6 Å². The lowest BCUT2D eigenvalue weighted by Gasteiger charge is -2.14. The molecule has 1 fully saturated rings. The number of hydrogen-bond acceptors (Lipinski definition) is 6. The van der Waals surface area contributed by atoms with Gasteiger partial charge in [-0.15, -0.1) is 0 Å². The van der Waals surface area contributed by atoms with E-state index < -0.39 is 0 Å². The van der Waals surface area contributed by atoms with Gasteiger partial charge in [-0.05, 0) is 22.8 Å². The summed E-state index contributed by atoms with van der Waals surface area (Å²) < 4.78 is 15.6. The molecule has 8 heteroatoms. The molecule has 0 N–H and O–H groups in total. The van der Waals surface area contributed by atoms with Crippen LogP contribution in [0.5, 0.6) is 5.88 Å². The van der Waals surface area contributed by atoms with Crippen LogP contribution in [0.2, 0.25) is 0 Å². The van der Waals surface area contributed by atoms with Gasteiger partial charge in [0.25, 0.3) is 0 Å². The Balaban J connectivity index is 1.41. The van der Waals surface area contributed by atoms with Crippen molar-refractivity contribution in [2.24, 2.45) is 12.0 Å². The van der Waals surface area contributed by atoms with Crippen LogP contribution in [-0.2, 0) is 24.8 Å². The van der Waals surface area contributed by atoms with E-state index in [4.69, 9.17) is 19.4 Å². The zero-order chi connectivity index (χ0) is 20.8. The van der Waals surface area contributed by atoms with Crippen LogP contribution in [0.4, 0.5) is 0 Å². The van der Waals surface area contributed by atoms with Crippen molar-refractivity contribution in [1.29, 1.82) is 0 Å². The van der Waals surface area contributed by atoms with Gasteiger partial charge in [0.1, 0.15) is 17.4 Å². The molecule has 2 aliphatic rings. The zero-order valence-corrected chi connectivity index (χ0v) is 17.2. The summed E-state index contributed by atoms with van der Waals surface area (Å²) in [5, 5.41) is 4.30. The van der Waals surface area contributed by atoms with Crippen molar-refractivity contribution in [2.45, 2.75) is 25.5 Å². The summed E-state index contributed by atoms with van der Waals surface area (Å²) in [6.07, 6.45) is 9.20. The van der Waals surface area contributed by atoms with E-state index in [9.17, 15) is 0 Å². The van der Waals surface area contributed by atoms with Crippen LogP contribution in [0.3, 0.4) is 0 Å². The predicted molar refractivity (Wildman–Crippen MR) is 116 cm³/mol. The van der Waals surface area contributed by atoms with Crippen molar-refractivity contribution in [1.82, 2.24) is 24.3 Å². The number of hydrogen-bond donors (Lipinski definition) is 0. The molecule has 1 saturated heterocycles. The molecule has 0 aliphatic carbocycles. The highest BCUT2D eigenvalue weighted by atomic mass is 16.5. The van der Waals surface area contributed by atoms with Gasteiger partial charge in [-0.2, -0.15) is 10.1 Å². The van der Waals surface area contributed by atoms with Gasteiger partial charge < -0.3 is 14.0 Å². The molecule has 8 nitrogen and oxygen atoms in total. The molecule has 1 atom stereocenters. The first-order valence-electron chi connectivity index (χ1n) is 10.5. The monoisotopic (exact) mass is 414 g/mol. The Labute approximate surface area is 179 Å². The fourth-order valence-corrected chi connectivity index (χ4v) is 4.19. The Morgan fingerprint density at radius 3 is 3.03 bits per heavy atom. The highest BCUT2D eigenvalue weighted by molar-refractivity contribution is 5.84. The maximum absolute atomic E-state index is 6.32. The Bertz CT molecular complexity index is 1300. The summed E-state index contributed by atoms with van der Waals surface area (Å²) in [6.45, 7) is 2.04. The fourth-order valence-electron chi connectivity index (χ4n) is 4.19. The van der Waals surface area contributed by atoms with Crippen LogP contribution in [-0.4, -0.2) is 49.8 Å². The number of fused-ring (bicyclic) bond motifs is 2. The molecule has 0 radical (unpaired) electrons. The van der Waals surface area contributed by atoms with Gasteiger partial charge in [0, 0.05) is 38.5 Å². The molecule has 6 rings (SSSR count). The summed E-state index contributed by atoms with van der Waals surface area (Å²) in [5.74, 6) is 1.33. The van der Waals surface area contributed by atoms with Gasteiger partial charge in [-0.1, -0.05) is 18.2 Å². The van der Waals surface area contributed by atoms with Crippen LogP contribution < -0.4 is 4.74 Å². The minimum Gasteiger partial charge on any atom is -0.470 e. The first kappa shape index (κ1) is 18.3. The first-order chi connectivity index (χ1) is 15.2. The number of ether oxygens (including phenoxy) is 2. The van der Waals surface area contributed by atoms with Gasteiger partial charge in [0.05, 0.1) is 37.2 Å². The topological polar surface area (TPSA) is 79.4 Å². The number of aromatic nitrogens is 5. The Hall–Kier alpha value is -3.52. The third kappa shape index (κ3) is 3.38. The van der Waals surface area contributed by atoms with Gasteiger partial charge in [-0.3, -0.25) is 9.67 Å². The van der Waals surface area contributed by atoms with Crippen molar-refractivity contribution in [3.63, 3.8) is 0 Å². The van der Waals surface area contributed by atoms with Crippen LogP contribution >= 0.6 is 0 Å². The average molecular weight is 414 g/mol. The predicted octanol–water partition coefficient (Wildman–Crippen LogP) is 2.85. The number of aliphatic imine (C=N–C) groups is 1. The highest BCUT2D eigenvalue weighted by Crippen LogP contribution is 2.29. The van der Waals surface area contributed by atoms with Crippen LogP contribution in [0, 0.1) is 0 Å². The second kappa shape index (κ2) is 7.31. The molecule has 0 unspecified atom stereocenters. The van der Waals surface area contributed by atoms with Crippen molar-refractivity contribution in [3.05, 3.63) is 65.4 Å². The number of aryl methyl sites for hydroxylation is 1. The van der Waals surface area contributed by atoms with E-state index in [2.05, 4.69) is 28.3 Å². The second-order valence-corrected chi connectivity index (χ2v) is 8.02. The first-order valence-corrected chi connectivity index (χ1v) is 10.5. The normalized spacial score (nSPS) is 17.5. The molecule has 0 amide bonds. The molecule has 156 valence electrons. The molecule has 1 aromatic carbocycles. The fraction of sp³-hybridized carbons (Fsp3) is 0.304. The highest BCUT2D eigenvalue weighted by Gasteiger charge is 2.22. The Kier molecular flexibility index (Phi) is 4.31. The Morgan fingerprint density at radius 2 is 2.19 bits per heavy atom. The minimum atomic E-state index is 0.000316. The number of rotatable bonds is 5. The quantitative estimate of drug-likeness (QED) is 0.502. The molecule has 3 aromatic heterocycles. The smallest absolute Gasteiger partial charge is 0.242 e. The van der Waals surface area contributed by atoms with Crippen LogP contribution in [0.25, 0.3) is 16.7 Å². The maximum Gasteiger partial charge on any atom is 0.242 e. The van der Waals surface area contributed by atoms with E-state index in [-0.39, 0.29) is 6.10 Å². The summed E-state index contributed by atoms with van der Waals surface area (Å²) in [7, 11) is 1.90. The van der Waals surface area contributed by atoms with Crippen molar-refractivity contribution in [2.75, 3.05) is 13.2 Å². The lowest BCUT2D eigenvalue weighted by atomic mass is 10.0. The average Bonchev–Trinajstić information content (AvgIpc) is 3.54. The van der Waals surface area contributed by atoms with Gasteiger partial charge in [-0.25, -0.2) is 4.98 Å². The lowest BCUT2D eigenvalue weighted by molar-refractivity contribution is 0.139. The largest absolute Gasteiger partial charge is 0.470 e. The van der Waals surface area contributed by atoms with E-state index in [1.54, 1.807) is 4.68 Å². The number of nitrogens with zero attached hydrogens (tertiary/aromatic N) is 6. The molecule has 0 spiro atoms. The molecule has 31 heavy (non-hydrogen) atoms. The molecular formula is C23H22N6O2. The third-order valence-electron chi connectivity index (χ3n) is 5.74. The van der Waals surface area contributed by atoms with E-state index in [1.165, 1.54) is 16.7 Å². The van der Waals surface area contributed by atoms with Gasteiger partial charge >= 0.3 is 0 Å². The van der Waals surface area contributed by atoms with Crippen molar-refractivity contribution < 1.29 is 9.47 Å². The van der Waals surface area contributed by atoms with Crippen molar-refractivity contribution >= 4 is 17.2 Å². The van der Waals surface area contributed by atoms with E-state index >= 15 is 0 Å². The SMILES string of the molecule is Cn1cc(-n2ccc3nc(Cc4ccc5c(c4)CN=C5)nc(O[C@H]4CCOC4)c32)cn1. The molecule has 4 aromatic rings. The standard InChI is InChI=1S/C23H22N6O2/c1-28-13-18(12-25-28)29-6-4-20-22(29)23(31-19-5-7-30-14-19)27-21(26-20)9-15-2-3-16-10-24-11-17(16)8-15/h2-4,6,8,10,12-13,19H,5,7,9,11,14H2,1H3/t19-/m0/s1. The molecule has 0 bridgehead atoms. The van der Waals surface area contributed by atoms with E-state index in [0.717, 1.165) is 35.5 Å².